The van der Waals surface area contributed by atoms with Gasteiger partial charge in [-0.3, -0.25) is 9.59 Å². The third kappa shape index (κ3) is 6.21. The first kappa shape index (κ1) is 27.7. The first-order valence-corrected chi connectivity index (χ1v) is 13.5. The normalized spacial score (nSPS) is 14.1. The molecule has 0 N–H and O–H groups in total. The van der Waals surface area contributed by atoms with Crippen molar-refractivity contribution in [2.75, 3.05) is 5.01 Å². The van der Waals surface area contributed by atoms with Crippen molar-refractivity contribution < 1.29 is 36.3 Å². The zero-order valence-electron chi connectivity index (χ0n) is 18.8. The molecular weight excluding hydrogens is 591 g/mol. The number of benzene rings is 2. The number of carbonyl (C=O) groups is 2. The summed E-state index contributed by atoms with van der Waals surface area (Å²) in [6.07, 6.45) is -2.91. The highest BCUT2D eigenvalue weighted by atomic mass is 35.7. The number of nitrogens with zero attached hydrogens (tertiary/aromatic N) is 3. The number of hydrogen-bond donors (Lipinski definition) is 0. The number of carbonyl (C=O) groups excluding carboxylic acids is 2. The van der Waals surface area contributed by atoms with Crippen molar-refractivity contribution in [1.29, 1.82) is 0 Å². The summed E-state index contributed by atoms with van der Waals surface area (Å²) in [7, 11) is 1.27. The fraction of sp³-hybridized carbons (Fsp3) is 0.130. The quantitative estimate of drug-likeness (QED) is 0.242. The number of halogens is 5. The van der Waals surface area contributed by atoms with Gasteiger partial charge in [-0.05, 0) is 17.7 Å². The fourth-order valence-corrected chi connectivity index (χ4v) is 4.76. The van der Waals surface area contributed by atoms with Gasteiger partial charge in [0.05, 0.1) is 28.4 Å². The lowest BCUT2D eigenvalue weighted by Crippen LogP contribution is -2.39. The summed E-state index contributed by atoms with van der Waals surface area (Å²) in [5.74, 6) is -2.56. The number of rotatable bonds is 8. The molecule has 1 aliphatic heterocycles. The summed E-state index contributed by atoms with van der Waals surface area (Å²) in [5, 5.41) is 3.61. The van der Waals surface area contributed by atoms with E-state index >= 15 is 0 Å². The maximum Gasteiger partial charge on any atom is 0.285 e. The highest BCUT2D eigenvalue weighted by Crippen LogP contribution is 2.41. The predicted molar refractivity (Wildman–Crippen MR) is 135 cm³/mol. The number of Topliss-reactive ketones (excluding diaryl/α,β-unsaturated/α-hetero) is 1. The number of pyridine rings is 1. The molecule has 0 aliphatic carbocycles. The monoisotopic (exact) mass is 603 g/mol. The summed E-state index contributed by atoms with van der Waals surface area (Å²) in [6, 6.07) is 12.2. The van der Waals surface area contributed by atoms with Crippen molar-refractivity contribution in [2.45, 2.75) is 24.3 Å². The molecule has 2 aromatic carbocycles. The van der Waals surface area contributed by atoms with Crippen LogP contribution in [-0.2, 0) is 25.2 Å². The fourth-order valence-electron chi connectivity index (χ4n) is 3.26. The largest absolute Gasteiger partial charge is 0.486 e. The maximum atomic E-state index is 13.1. The summed E-state index contributed by atoms with van der Waals surface area (Å²) in [5.41, 5.74) is -0.415. The first-order valence-electron chi connectivity index (χ1n) is 10.4. The van der Waals surface area contributed by atoms with Crippen molar-refractivity contribution in [3.63, 3.8) is 0 Å². The molecule has 1 amide bonds. The molecule has 9 nitrogen and oxygen atoms in total. The van der Waals surface area contributed by atoms with Crippen LogP contribution in [-0.4, -0.2) is 37.2 Å². The molecule has 0 radical (unpaired) electrons. The number of anilines is 1. The standard InChI is InChI=1S/C23H14Cl3F2N3O6S/c24-14-6-13(31-20(33)8-16(32)21(30-31)23(27)28)7-15(25)22(14)37-19-9-18(38(26,34)35)17(10-29-19)36-11-12-4-2-1-3-5-12/h1-7,9-10,23H,8,11H2. The van der Waals surface area contributed by atoms with Gasteiger partial charge < -0.3 is 9.47 Å². The van der Waals surface area contributed by atoms with E-state index in [2.05, 4.69) is 10.1 Å². The molecule has 0 saturated carbocycles. The van der Waals surface area contributed by atoms with Gasteiger partial charge in [0.2, 0.25) is 5.88 Å². The second-order valence-electron chi connectivity index (χ2n) is 7.61. The summed E-state index contributed by atoms with van der Waals surface area (Å²) in [4.78, 5) is 27.5. The van der Waals surface area contributed by atoms with E-state index in [0.717, 1.165) is 30.0 Å². The van der Waals surface area contributed by atoms with Gasteiger partial charge in [0, 0.05) is 16.7 Å². The van der Waals surface area contributed by atoms with Gasteiger partial charge in [0.1, 0.15) is 11.5 Å². The highest BCUT2D eigenvalue weighted by molar-refractivity contribution is 8.13. The van der Waals surface area contributed by atoms with Crippen molar-refractivity contribution in [3.8, 4) is 17.4 Å². The number of hydrazone groups is 1. The van der Waals surface area contributed by atoms with Crippen LogP contribution in [0, 0.1) is 0 Å². The zero-order valence-corrected chi connectivity index (χ0v) is 21.9. The number of hydrogen-bond acceptors (Lipinski definition) is 8. The molecule has 0 fully saturated rings. The second kappa shape index (κ2) is 11.2. The summed E-state index contributed by atoms with van der Waals surface area (Å²) >= 11 is 12.5. The van der Waals surface area contributed by atoms with E-state index in [0.29, 0.717) is 5.01 Å². The van der Waals surface area contributed by atoms with Crippen LogP contribution in [0.3, 0.4) is 0 Å². The van der Waals surface area contributed by atoms with Gasteiger partial charge in [0.15, 0.2) is 23.0 Å². The number of ether oxygens (including phenoxy) is 2. The molecule has 2 heterocycles. The van der Waals surface area contributed by atoms with E-state index in [9.17, 15) is 26.8 Å². The smallest absolute Gasteiger partial charge is 0.285 e. The average Bonchev–Trinajstić information content (AvgIpc) is 2.85. The molecule has 0 unspecified atom stereocenters. The SMILES string of the molecule is O=C1CC(=O)N(c2cc(Cl)c(Oc3cc(S(=O)(=O)Cl)c(OCc4ccccc4)cn3)c(Cl)c2)N=C1C(F)F. The van der Waals surface area contributed by atoms with Gasteiger partial charge in [-0.1, -0.05) is 53.5 Å². The van der Waals surface area contributed by atoms with E-state index in [1.54, 1.807) is 24.3 Å². The van der Waals surface area contributed by atoms with Crippen LogP contribution in [0.5, 0.6) is 17.4 Å². The van der Waals surface area contributed by atoms with Crippen molar-refractivity contribution in [1.82, 2.24) is 4.98 Å². The Labute approximate surface area is 228 Å². The maximum absolute atomic E-state index is 13.1. The van der Waals surface area contributed by atoms with Crippen LogP contribution in [0.25, 0.3) is 0 Å². The lowest BCUT2D eigenvalue weighted by Gasteiger charge is -2.23. The van der Waals surface area contributed by atoms with Crippen LogP contribution in [0.2, 0.25) is 10.0 Å². The molecule has 0 atom stereocenters. The van der Waals surface area contributed by atoms with Crippen LogP contribution in [0.4, 0.5) is 14.5 Å². The van der Waals surface area contributed by atoms with E-state index in [1.165, 1.54) is 0 Å². The Balaban J connectivity index is 1.62. The number of alkyl halides is 2. The summed E-state index contributed by atoms with van der Waals surface area (Å²) < 4.78 is 61.7. The van der Waals surface area contributed by atoms with E-state index in [4.69, 9.17) is 43.4 Å². The minimum atomic E-state index is -4.30. The number of ketones is 1. The van der Waals surface area contributed by atoms with E-state index in [-0.39, 0.29) is 39.7 Å². The van der Waals surface area contributed by atoms with Crippen LogP contribution in [0.15, 0.2) is 64.7 Å². The van der Waals surface area contributed by atoms with Gasteiger partial charge in [-0.15, -0.1) is 0 Å². The topological polar surface area (TPSA) is 115 Å². The molecule has 198 valence electrons. The number of aromatic nitrogens is 1. The first-order chi connectivity index (χ1) is 17.9. The minimum Gasteiger partial charge on any atom is -0.486 e. The number of amides is 1. The third-order valence-corrected chi connectivity index (χ3v) is 6.89. The highest BCUT2D eigenvalue weighted by Gasteiger charge is 2.34. The Kier molecular flexibility index (Phi) is 8.16. The van der Waals surface area contributed by atoms with Crippen molar-refractivity contribution >= 4 is 66.0 Å². The van der Waals surface area contributed by atoms with Gasteiger partial charge in [0.25, 0.3) is 21.4 Å². The van der Waals surface area contributed by atoms with Crippen LogP contribution >= 0.6 is 33.9 Å². The molecule has 1 aromatic heterocycles. The van der Waals surface area contributed by atoms with E-state index in [1.807, 2.05) is 6.07 Å². The Hall–Kier alpha value is -3.32. The lowest BCUT2D eigenvalue weighted by molar-refractivity contribution is -0.124. The molecule has 0 bridgehead atoms. The molecule has 15 heteroatoms. The zero-order chi connectivity index (χ0) is 27.6. The Bertz CT molecular complexity index is 1530. The van der Waals surface area contributed by atoms with Crippen molar-refractivity contribution in [2.24, 2.45) is 5.10 Å². The van der Waals surface area contributed by atoms with Crippen LogP contribution in [0.1, 0.15) is 12.0 Å². The predicted octanol–water partition coefficient (Wildman–Crippen LogP) is 5.61. The third-order valence-electron chi connectivity index (χ3n) is 4.99. The lowest BCUT2D eigenvalue weighted by atomic mass is 10.1. The summed E-state index contributed by atoms with van der Waals surface area (Å²) in [6.45, 7) is 0.0395. The molecule has 0 spiro atoms. The Morgan fingerprint density at radius 2 is 1.71 bits per heavy atom. The Morgan fingerprint density at radius 1 is 1.05 bits per heavy atom. The molecule has 38 heavy (non-hydrogen) atoms. The molecule has 0 saturated heterocycles. The molecule has 4 rings (SSSR count). The average molecular weight is 605 g/mol. The van der Waals surface area contributed by atoms with Gasteiger partial charge in [-0.25, -0.2) is 22.2 Å². The van der Waals surface area contributed by atoms with Crippen molar-refractivity contribution in [3.05, 3.63) is 70.3 Å². The van der Waals surface area contributed by atoms with Crippen LogP contribution < -0.4 is 14.5 Å². The molecule has 3 aromatic rings. The molecule has 1 aliphatic rings. The Morgan fingerprint density at radius 3 is 2.32 bits per heavy atom. The minimum absolute atomic E-state index is 0.0395. The van der Waals surface area contributed by atoms with Gasteiger partial charge in [-0.2, -0.15) is 10.1 Å². The van der Waals surface area contributed by atoms with Gasteiger partial charge >= 0.3 is 0 Å². The second-order valence-corrected chi connectivity index (χ2v) is 11.0. The molecular formula is C23H14Cl3F2N3O6S. The van der Waals surface area contributed by atoms with E-state index < -0.39 is 44.2 Å².